The molecule has 0 unspecified atom stereocenters. The molecule has 4 heteroatoms. The molecule has 2 rings (SSSR count). The van der Waals surface area contributed by atoms with Crippen LogP contribution in [0.2, 0.25) is 0 Å². The molecule has 1 aromatic carbocycles. The monoisotopic (exact) mass is 227 g/mol. The van der Waals surface area contributed by atoms with Crippen molar-refractivity contribution in [3.63, 3.8) is 0 Å². The molecule has 86 valence electrons. The number of carbonyl (C=O) groups excluding carboxylic acids is 1. The number of fused-ring (bicyclic) bond motifs is 1. The Hall–Kier alpha value is -2.28. The van der Waals surface area contributed by atoms with Gasteiger partial charge in [0.25, 0.3) is 0 Å². The van der Waals surface area contributed by atoms with Crippen molar-refractivity contribution in [1.82, 2.24) is 10.3 Å². The van der Waals surface area contributed by atoms with Gasteiger partial charge in [0.05, 0.1) is 0 Å². The van der Waals surface area contributed by atoms with E-state index in [-0.39, 0.29) is 0 Å². The topological polar surface area (TPSA) is 68.7 Å². The van der Waals surface area contributed by atoms with Gasteiger partial charge >= 0.3 is 5.91 Å². The number of rotatable bonds is 3. The lowest BCUT2D eigenvalue weighted by molar-refractivity contribution is -0.115. The summed E-state index contributed by atoms with van der Waals surface area (Å²) >= 11 is 0. The second kappa shape index (κ2) is 4.71. The fourth-order valence-electron chi connectivity index (χ4n) is 2.00. The summed E-state index contributed by atoms with van der Waals surface area (Å²) in [5.41, 5.74) is 3.41. The average molecular weight is 227 g/mol. The standard InChI is InChI=1S/C13H13N3O/c1-9-10(6-7-15-13(17)8-14)11-4-2-3-5-12(11)16-9/h2-5,16H,6-7H2,1H3,(H,15,17). The van der Waals surface area contributed by atoms with Gasteiger partial charge < -0.3 is 10.3 Å². The molecule has 0 saturated carbocycles. The molecule has 1 aromatic heterocycles. The van der Waals surface area contributed by atoms with Gasteiger partial charge in [-0.2, -0.15) is 5.26 Å². The van der Waals surface area contributed by atoms with Gasteiger partial charge in [-0.3, -0.25) is 4.79 Å². The van der Waals surface area contributed by atoms with Crippen molar-refractivity contribution < 1.29 is 4.79 Å². The second-order valence-electron chi connectivity index (χ2n) is 3.89. The summed E-state index contributed by atoms with van der Waals surface area (Å²) in [5.74, 6) is -0.581. The molecule has 0 aliphatic heterocycles. The number of aromatic nitrogens is 1. The molecular weight excluding hydrogens is 214 g/mol. The van der Waals surface area contributed by atoms with Gasteiger partial charge in [0.15, 0.2) is 6.07 Å². The summed E-state index contributed by atoms with van der Waals surface area (Å²) in [6, 6.07) is 9.60. The molecule has 2 aromatic rings. The van der Waals surface area contributed by atoms with E-state index in [1.807, 2.05) is 25.1 Å². The molecule has 0 fully saturated rings. The highest BCUT2D eigenvalue weighted by Gasteiger charge is 2.07. The van der Waals surface area contributed by atoms with Crippen LogP contribution >= 0.6 is 0 Å². The maximum atomic E-state index is 10.8. The second-order valence-corrected chi connectivity index (χ2v) is 3.89. The lowest BCUT2D eigenvalue weighted by atomic mass is 10.1. The van der Waals surface area contributed by atoms with E-state index in [2.05, 4.69) is 16.4 Å². The zero-order chi connectivity index (χ0) is 12.3. The third-order valence-corrected chi connectivity index (χ3v) is 2.79. The van der Waals surface area contributed by atoms with Crippen molar-refractivity contribution in [3.8, 4) is 6.07 Å². The van der Waals surface area contributed by atoms with E-state index in [9.17, 15) is 4.79 Å². The van der Waals surface area contributed by atoms with Crippen LogP contribution in [0.15, 0.2) is 24.3 Å². The molecule has 0 aliphatic carbocycles. The van der Waals surface area contributed by atoms with Crippen molar-refractivity contribution in [2.75, 3.05) is 6.54 Å². The number of amides is 1. The van der Waals surface area contributed by atoms with Crippen LogP contribution in [0, 0.1) is 18.3 Å². The number of nitrogens with one attached hydrogen (secondary N) is 2. The van der Waals surface area contributed by atoms with Crippen LogP contribution < -0.4 is 5.32 Å². The molecule has 0 aliphatic rings. The predicted octanol–water partition coefficient (Wildman–Crippen LogP) is 1.66. The molecule has 2 N–H and O–H groups in total. The Morgan fingerprint density at radius 1 is 1.47 bits per heavy atom. The van der Waals surface area contributed by atoms with Crippen LogP contribution in [-0.4, -0.2) is 17.4 Å². The van der Waals surface area contributed by atoms with Crippen LogP contribution in [0.4, 0.5) is 0 Å². The number of aromatic amines is 1. The van der Waals surface area contributed by atoms with Crippen LogP contribution in [-0.2, 0) is 11.2 Å². The quantitative estimate of drug-likeness (QED) is 0.783. The summed E-state index contributed by atoms with van der Waals surface area (Å²) in [4.78, 5) is 14.1. The number of H-pyrrole nitrogens is 1. The summed E-state index contributed by atoms with van der Waals surface area (Å²) in [7, 11) is 0. The highest BCUT2D eigenvalue weighted by molar-refractivity contribution is 5.91. The summed E-state index contributed by atoms with van der Waals surface area (Å²) in [6.07, 6.45) is 0.725. The van der Waals surface area contributed by atoms with E-state index in [4.69, 9.17) is 5.26 Å². The largest absolute Gasteiger partial charge is 0.358 e. The van der Waals surface area contributed by atoms with Crippen molar-refractivity contribution in [3.05, 3.63) is 35.5 Å². The number of nitrogens with zero attached hydrogens (tertiary/aromatic N) is 1. The van der Waals surface area contributed by atoms with Gasteiger partial charge in [0.2, 0.25) is 0 Å². The maximum absolute atomic E-state index is 10.8. The smallest absolute Gasteiger partial charge is 0.322 e. The van der Waals surface area contributed by atoms with Crippen LogP contribution in [0.25, 0.3) is 10.9 Å². The first-order valence-corrected chi connectivity index (χ1v) is 5.46. The Morgan fingerprint density at radius 3 is 3.00 bits per heavy atom. The van der Waals surface area contributed by atoms with E-state index in [1.165, 1.54) is 17.0 Å². The number of benzene rings is 1. The van der Waals surface area contributed by atoms with Gasteiger partial charge in [-0.1, -0.05) is 18.2 Å². The zero-order valence-electron chi connectivity index (χ0n) is 9.58. The number of para-hydroxylation sites is 1. The van der Waals surface area contributed by atoms with Gasteiger partial charge in [-0.25, -0.2) is 0 Å². The number of nitriles is 1. The lowest BCUT2D eigenvalue weighted by Gasteiger charge is -2.01. The minimum absolute atomic E-state index is 0.481. The fraction of sp³-hybridized carbons (Fsp3) is 0.231. The van der Waals surface area contributed by atoms with E-state index >= 15 is 0 Å². The molecule has 0 saturated heterocycles. The molecule has 1 heterocycles. The minimum Gasteiger partial charge on any atom is -0.358 e. The Kier molecular flexibility index (Phi) is 3.10. The van der Waals surface area contributed by atoms with E-state index in [0.29, 0.717) is 6.54 Å². The van der Waals surface area contributed by atoms with Crippen molar-refractivity contribution >= 4 is 16.8 Å². The van der Waals surface area contributed by atoms with Gasteiger partial charge in [-0.15, -0.1) is 0 Å². The first kappa shape index (κ1) is 11.2. The summed E-state index contributed by atoms with van der Waals surface area (Å²) < 4.78 is 0. The van der Waals surface area contributed by atoms with E-state index in [0.717, 1.165) is 17.6 Å². The Bertz CT molecular complexity index is 592. The molecule has 0 atom stereocenters. The Balaban J connectivity index is 2.16. The third kappa shape index (κ3) is 2.28. The SMILES string of the molecule is Cc1[nH]c2ccccc2c1CCNC(=O)C#N. The first-order chi connectivity index (χ1) is 8.22. The van der Waals surface area contributed by atoms with Crippen LogP contribution in [0.3, 0.4) is 0 Å². The number of carbonyl (C=O) groups is 1. The Labute approximate surface area is 99.3 Å². The van der Waals surface area contributed by atoms with E-state index in [1.54, 1.807) is 0 Å². The number of hydrogen-bond donors (Lipinski definition) is 2. The molecule has 17 heavy (non-hydrogen) atoms. The van der Waals surface area contributed by atoms with Gasteiger partial charge in [0.1, 0.15) is 0 Å². The van der Waals surface area contributed by atoms with E-state index < -0.39 is 5.91 Å². The van der Waals surface area contributed by atoms with Crippen LogP contribution in [0.1, 0.15) is 11.3 Å². The average Bonchev–Trinajstić information content (AvgIpc) is 2.66. The minimum atomic E-state index is -0.581. The molecule has 1 amide bonds. The molecular formula is C13H13N3O. The first-order valence-electron chi connectivity index (χ1n) is 5.46. The van der Waals surface area contributed by atoms with Gasteiger partial charge in [-0.05, 0) is 25.0 Å². The highest BCUT2D eigenvalue weighted by Crippen LogP contribution is 2.21. The maximum Gasteiger partial charge on any atom is 0.322 e. The van der Waals surface area contributed by atoms with Crippen molar-refractivity contribution in [1.29, 1.82) is 5.26 Å². The molecule has 4 nitrogen and oxygen atoms in total. The predicted molar refractivity (Wildman–Crippen MR) is 65.4 cm³/mol. The Morgan fingerprint density at radius 2 is 2.24 bits per heavy atom. The van der Waals surface area contributed by atoms with Crippen molar-refractivity contribution in [2.45, 2.75) is 13.3 Å². The summed E-state index contributed by atoms with van der Waals surface area (Å²) in [6.45, 7) is 2.50. The fourth-order valence-corrected chi connectivity index (χ4v) is 2.00. The number of hydrogen-bond acceptors (Lipinski definition) is 2. The normalized spacial score (nSPS) is 10.1. The lowest BCUT2D eigenvalue weighted by Crippen LogP contribution is -2.23. The zero-order valence-corrected chi connectivity index (χ0v) is 9.58. The van der Waals surface area contributed by atoms with Gasteiger partial charge in [0, 0.05) is 23.1 Å². The van der Waals surface area contributed by atoms with Crippen LogP contribution in [0.5, 0.6) is 0 Å². The summed E-state index contributed by atoms with van der Waals surface area (Å²) in [5, 5.41) is 12.1. The third-order valence-electron chi connectivity index (χ3n) is 2.79. The molecule has 0 radical (unpaired) electrons. The highest BCUT2D eigenvalue weighted by atomic mass is 16.1. The molecule has 0 spiro atoms. The number of aryl methyl sites for hydroxylation is 1. The van der Waals surface area contributed by atoms with Crippen molar-refractivity contribution in [2.24, 2.45) is 0 Å². The molecule has 0 bridgehead atoms.